The Morgan fingerprint density at radius 1 is 1.15 bits per heavy atom. The van der Waals surface area contributed by atoms with Crippen molar-refractivity contribution in [3.8, 4) is 0 Å². The summed E-state index contributed by atoms with van der Waals surface area (Å²) in [6.45, 7) is 1.62. The standard InChI is InChI=1S/C14H14ClNO3S/c1-10(17)11-3-2-4-13(9-11)16-20(18,19)14-7-5-12(15)6-8-14/h2-10,16-17H,1H3/t10-/m1/s1. The Hall–Kier alpha value is -1.56. The molecule has 1 atom stereocenters. The molecule has 0 saturated heterocycles. The molecule has 0 heterocycles. The van der Waals surface area contributed by atoms with Crippen LogP contribution in [0.15, 0.2) is 53.4 Å². The summed E-state index contributed by atoms with van der Waals surface area (Å²) >= 11 is 5.73. The van der Waals surface area contributed by atoms with Gasteiger partial charge in [-0.2, -0.15) is 0 Å². The number of halogens is 1. The first-order chi connectivity index (χ1) is 9.38. The number of hydrogen-bond acceptors (Lipinski definition) is 3. The zero-order valence-corrected chi connectivity index (χ0v) is 12.3. The molecule has 0 amide bonds. The number of rotatable bonds is 4. The highest BCUT2D eigenvalue weighted by Gasteiger charge is 2.14. The minimum atomic E-state index is -3.66. The third-order valence-electron chi connectivity index (χ3n) is 2.75. The molecule has 0 aliphatic carbocycles. The fourth-order valence-electron chi connectivity index (χ4n) is 1.69. The van der Waals surface area contributed by atoms with Crippen LogP contribution >= 0.6 is 11.6 Å². The van der Waals surface area contributed by atoms with Crippen molar-refractivity contribution in [2.45, 2.75) is 17.9 Å². The van der Waals surface area contributed by atoms with Crippen LogP contribution in [0.5, 0.6) is 0 Å². The molecule has 0 unspecified atom stereocenters. The van der Waals surface area contributed by atoms with Crippen molar-refractivity contribution in [1.29, 1.82) is 0 Å². The Bertz CT molecular complexity index is 697. The maximum Gasteiger partial charge on any atom is 0.261 e. The van der Waals surface area contributed by atoms with Gasteiger partial charge in [-0.3, -0.25) is 4.72 Å². The Balaban J connectivity index is 2.28. The average Bonchev–Trinajstić information content (AvgIpc) is 2.39. The zero-order valence-electron chi connectivity index (χ0n) is 10.7. The molecule has 0 spiro atoms. The number of aliphatic hydroxyl groups is 1. The Kier molecular flexibility index (Phi) is 4.32. The summed E-state index contributed by atoms with van der Waals surface area (Å²) in [5.74, 6) is 0. The predicted octanol–water partition coefficient (Wildman–Crippen LogP) is 3.19. The van der Waals surface area contributed by atoms with Crippen LogP contribution in [0.2, 0.25) is 5.02 Å². The van der Waals surface area contributed by atoms with Crippen LogP contribution in [0.4, 0.5) is 5.69 Å². The molecular weight excluding hydrogens is 298 g/mol. The van der Waals surface area contributed by atoms with E-state index >= 15 is 0 Å². The van der Waals surface area contributed by atoms with Gasteiger partial charge in [0.1, 0.15) is 0 Å². The van der Waals surface area contributed by atoms with Gasteiger partial charge in [-0.05, 0) is 48.9 Å². The molecule has 20 heavy (non-hydrogen) atoms. The lowest BCUT2D eigenvalue weighted by molar-refractivity contribution is 0.199. The third kappa shape index (κ3) is 3.50. The van der Waals surface area contributed by atoms with E-state index in [4.69, 9.17) is 11.6 Å². The maximum atomic E-state index is 12.2. The highest BCUT2D eigenvalue weighted by molar-refractivity contribution is 7.92. The van der Waals surface area contributed by atoms with Crippen molar-refractivity contribution in [1.82, 2.24) is 0 Å². The molecule has 0 fully saturated rings. The molecule has 4 nitrogen and oxygen atoms in total. The van der Waals surface area contributed by atoms with E-state index in [1.54, 1.807) is 31.2 Å². The summed E-state index contributed by atoms with van der Waals surface area (Å²) in [7, 11) is -3.66. The SMILES string of the molecule is C[C@@H](O)c1cccc(NS(=O)(=O)c2ccc(Cl)cc2)c1. The highest BCUT2D eigenvalue weighted by Crippen LogP contribution is 2.21. The van der Waals surface area contributed by atoms with E-state index in [-0.39, 0.29) is 4.90 Å². The lowest BCUT2D eigenvalue weighted by Gasteiger charge is -2.10. The quantitative estimate of drug-likeness (QED) is 0.911. The summed E-state index contributed by atoms with van der Waals surface area (Å²) in [5.41, 5.74) is 1.04. The van der Waals surface area contributed by atoms with Crippen molar-refractivity contribution in [3.05, 3.63) is 59.1 Å². The largest absolute Gasteiger partial charge is 0.389 e. The molecule has 0 saturated carbocycles. The van der Waals surface area contributed by atoms with E-state index in [1.165, 1.54) is 24.3 Å². The van der Waals surface area contributed by atoms with Gasteiger partial charge >= 0.3 is 0 Å². The first kappa shape index (κ1) is 14.8. The monoisotopic (exact) mass is 311 g/mol. The second-order valence-electron chi connectivity index (χ2n) is 4.36. The summed E-state index contributed by atoms with van der Waals surface area (Å²) in [4.78, 5) is 0.129. The van der Waals surface area contributed by atoms with Crippen LogP contribution in [0.25, 0.3) is 0 Å². The van der Waals surface area contributed by atoms with E-state index in [1.807, 2.05) is 0 Å². The highest BCUT2D eigenvalue weighted by atomic mass is 35.5. The molecule has 0 aromatic heterocycles. The number of anilines is 1. The molecule has 2 rings (SSSR count). The normalized spacial score (nSPS) is 12.9. The number of aliphatic hydroxyl groups excluding tert-OH is 1. The molecule has 0 aliphatic heterocycles. The molecular formula is C14H14ClNO3S. The first-order valence-corrected chi connectivity index (χ1v) is 7.81. The smallest absolute Gasteiger partial charge is 0.261 e. The summed E-state index contributed by atoms with van der Waals surface area (Å²) in [5, 5.41) is 9.97. The Labute approximate surface area is 123 Å². The van der Waals surface area contributed by atoms with Crippen molar-refractivity contribution >= 4 is 27.3 Å². The average molecular weight is 312 g/mol. The second kappa shape index (κ2) is 5.83. The van der Waals surface area contributed by atoms with Crippen LogP contribution < -0.4 is 4.72 Å². The van der Waals surface area contributed by atoms with Crippen LogP contribution in [-0.2, 0) is 10.0 Å². The molecule has 6 heteroatoms. The maximum absolute atomic E-state index is 12.2. The minimum Gasteiger partial charge on any atom is -0.389 e. The van der Waals surface area contributed by atoms with Gasteiger partial charge in [0, 0.05) is 10.7 Å². The second-order valence-corrected chi connectivity index (χ2v) is 6.48. The van der Waals surface area contributed by atoms with Gasteiger partial charge in [0.25, 0.3) is 10.0 Å². The first-order valence-electron chi connectivity index (χ1n) is 5.95. The van der Waals surface area contributed by atoms with E-state index in [2.05, 4.69) is 4.72 Å². The fraction of sp³-hybridized carbons (Fsp3) is 0.143. The molecule has 2 N–H and O–H groups in total. The molecule has 0 radical (unpaired) electrons. The zero-order chi connectivity index (χ0) is 14.8. The third-order valence-corrected chi connectivity index (χ3v) is 4.39. The molecule has 2 aromatic rings. The number of sulfonamides is 1. The number of hydrogen-bond donors (Lipinski definition) is 2. The van der Waals surface area contributed by atoms with Crippen LogP contribution in [0.1, 0.15) is 18.6 Å². The van der Waals surface area contributed by atoms with Crippen LogP contribution in [-0.4, -0.2) is 13.5 Å². The Morgan fingerprint density at radius 2 is 1.80 bits per heavy atom. The molecule has 2 aromatic carbocycles. The van der Waals surface area contributed by atoms with Gasteiger partial charge in [-0.25, -0.2) is 8.42 Å². The molecule has 0 aliphatic rings. The van der Waals surface area contributed by atoms with Crippen molar-refractivity contribution in [3.63, 3.8) is 0 Å². The summed E-state index contributed by atoms with van der Waals surface area (Å²) < 4.78 is 26.8. The van der Waals surface area contributed by atoms with E-state index in [0.29, 0.717) is 16.3 Å². The molecule has 106 valence electrons. The van der Waals surface area contributed by atoms with Gasteiger partial charge in [0.2, 0.25) is 0 Å². The predicted molar refractivity (Wildman–Crippen MR) is 79.3 cm³/mol. The van der Waals surface area contributed by atoms with Gasteiger partial charge in [-0.15, -0.1) is 0 Å². The van der Waals surface area contributed by atoms with Crippen LogP contribution in [0.3, 0.4) is 0 Å². The van der Waals surface area contributed by atoms with Crippen molar-refractivity contribution < 1.29 is 13.5 Å². The van der Waals surface area contributed by atoms with Gasteiger partial charge in [-0.1, -0.05) is 23.7 Å². The number of benzene rings is 2. The van der Waals surface area contributed by atoms with E-state index in [9.17, 15) is 13.5 Å². The van der Waals surface area contributed by atoms with Crippen molar-refractivity contribution in [2.24, 2.45) is 0 Å². The van der Waals surface area contributed by atoms with Gasteiger partial charge in [0.15, 0.2) is 0 Å². The van der Waals surface area contributed by atoms with Crippen LogP contribution in [0, 0.1) is 0 Å². The summed E-state index contributed by atoms with van der Waals surface area (Å²) in [6, 6.07) is 12.5. The lowest BCUT2D eigenvalue weighted by atomic mass is 10.1. The molecule has 0 bridgehead atoms. The number of nitrogens with one attached hydrogen (secondary N) is 1. The summed E-state index contributed by atoms with van der Waals surface area (Å²) in [6.07, 6.45) is -0.657. The topological polar surface area (TPSA) is 66.4 Å². The lowest BCUT2D eigenvalue weighted by Crippen LogP contribution is -2.13. The van der Waals surface area contributed by atoms with Crippen molar-refractivity contribution in [2.75, 3.05) is 4.72 Å². The fourth-order valence-corrected chi connectivity index (χ4v) is 2.87. The Morgan fingerprint density at radius 3 is 2.40 bits per heavy atom. The minimum absolute atomic E-state index is 0.129. The van der Waals surface area contributed by atoms with Gasteiger partial charge < -0.3 is 5.11 Å². The van der Waals surface area contributed by atoms with E-state index < -0.39 is 16.1 Å². The van der Waals surface area contributed by atoms with E-state index in [0.717, 1.165) is 0 Å². The van der Waals surface area contributed by atoms with Gasteiger partial charge in [0.05, 0.1) is 11.0 Å².